The molecule has 0 aromatic heterocycles. The van der Waals surface area contributed by atoms with E-state index in [9.17, 15) is 0 Å². The van der Waals surface area contributed by atoms with Gasteiger partial charge in [0.1, 0.15) is 0 Å². The Hall–Kier alpha value is -0.240. The lowest BCUT2D eigenvalue weighted by atomic mass is 10.2. The minimum atomic E-state index is 0.790. The third kappa shape index (κ3) is 6.37. The van der Waals surface area contributed by atoms with E-state index in [0.717, 1.165) is 30.4 Å². The molecule has 0 amide bonds. The van der Waals surface area contributed by atoms with Gasteiger partial charge in [0.15, 0.2) is 0 Å². The van der Waals surface area contributed by atoms with E-state index in [1.807, 2.05) is 12.1 Å². The van der Waals surface area contributed by atoms with Crippen molar-refractivity contribution in [2.75, 3.05) is 12.4 Å². The van der Waals surface area contributed by atoms with Crippen LogP contribution in [0.1, 0.15) is 31.2 Å². The fraction of sp³-hybridized carbons (Fsp3) is 0.538. The second-order valence-electron chi connectivity index (χ2n) is 3.91. The summed E-state index contributed by atoms with van der Waals surface area (Å²) < 4.78 is 0. The Labute approximate surface area is 108 Å². The van der Waals surface area contributed by atoms with Gasteiger partial charge in [-0.3, -0.25) is 0 Å². The standard InChI is InChI=1S/C13H19Cl2N/c14-9-3-1-2-4-10-16-11-12-5-7-13(15)8-6-12/h5-8,16H,1-4,9-11H2. The van der Waals surface area contributed by atoms with Crippen LogP contribution in [-0.2, 0) is 6.54 Å². The molecule has 1 aromatic carbocycles. The summed E-state index contributed by atoms with van der Waals surface area (Å²) in [6, 6.07) is 7.98. The SMILES string of the molecule is ClCCCCCCNCc1ccc(Cl)cc1. The lowest BCUT2D eigenvalue weighted by Gasteiger charge is -2.04. The zero-order chi connectivity index (χ0) is 11.6. The van der Waals surface area contributed by atoms with E-state index < -0.39 is 0 Å². The largest absolute Gasteiger partial charge is 0.313 e. The molecule has 0 heterocycles. The molecular formula is C13H19Cl2N. The Kier molecular flexibility index (Phi) is 7.65. The van der Waals surface area contributed by atoms with Gasteiger partial charge in [0.25, 0.3) is 0 Å². The van der Waals surface area contributed by atoms with E-state index in [1.165, 1.54) is 24.8 Å². The monoisotopic (exact) mass is 259 g/mol. The number of hydrogen-bond donors (Lipinski definition) is 1. The summed E-state index contributed by atoms with van der Waals surface area (Å²) in [5, 5.41) is 4.22. The van der Waals surface area contributed by atoms with Crippen LogP contribution in [0.2, 0.25) is 5.02 Å². The summed E-state index contributed by atoms with van der Waals surface area (Å²) in [4.78, 5) is 0. The number of alkyl halides is 1. The van der Waals surface area contributed by atoms with E-state index in [1.54, 1.807) is 0 Å². The molecule has 0 radical (unpaired) electrons. The molecule has 1 nitrogen and oxygen atoms in total. The minimum Gasteiger partial charge on any atom is -0.313 e. The summed E-state index contributed by atoms with van der Waals surface area (Å²) in [5.41, 5.74) is 1.28. The van der Waals surface area contributed by atoms with Gasteiger partial charge in [0.2, 0.25) is 0 Å². The molecule has 3 heteroatoms. The second kappa shape index (κ2) is 8.86. The first-order chi connectivity index (χ1) is 7.83. The quantitative estimate of drug-likeness (QED) is 0.545. The molecule has 16 heavy (non-hydrogen) atoms. The van der Waals surface area contributed by atoms with Crippen LogP contribution in [0.25, 0.3) is 0 Å². The van der Waals surface area contributed by atoms with Gasteiger partial charge in [-0.2, -0.15) is 0 Å². The summed E-state index contributed by atoms with van der Waals surface area (Å²) in [6.45, 7) is 2.00. The number of rotatable bonds is 8. The van der Waals surface area contributed by atoms with Crippen molar-refractivity contribution in [1.82, 2.24) is 5.32 Å². The number of benzene rings is 1. The van der Waals surface area contributed by atoms with E-state index in [4.69, 9.17) is 23.2 Å². The average Bonchev–Trinajstić information content (AvgIpc) is 2.30. The predicted octanol–water partition coefficient (Wildman–Crippen LogP) is 4.23. The summed E-state index contributed by atoms with van der Waals surface area (Å²) in [5.74, 6) is 0.790. The molecule has 0 saturated heterocycles. The van der Waals surface area contributed by atoms with Gasteiger partial charge in [-0.05, 0) is 37.1 Å². The number of halogens is 2. The number of hydrogen-bond acceptors (Lipinski definition) is 1. The van der Waals surface area contributed by atoms with E-state index in [-0.39, 0.29) is 0 Å². The third-order valence-corrected chi connectivity index (χ3v) is 3.00. The van der Waals surface area contributed by atoms with Crippen molar-refractivity contribution < 1.29 is 0 Å². The van der Waals surface area contributed by atoms with Crippen molar-refractivity contribution in [1.29, 1.82) is 0 Å². The molecule has 0 bridgehead atoms. The molecule has 90 valence electrons. The maximum absolute atomic E-state index is 5.81. The zero-order valence-electron chi connectivity index (χ0n) is 9.52. The smallest absolute Gasteiger partial charge is 0.0406 e. The third-order valence-electron chi connectivity index (χ3n) is 2.48. The van der Waals surface area contributed by atoms with Crippen LogP contribution >= 0.6 is 23.2 Å². The highest BCUT2D eigenvalue weighted by molar-refractivity contribution is 6.30. The molecule has 1 rings (SSSR count). The normalized spacial score (nSPS) is 10.6. The van der Waals surface area contributed by atoms with Gasteiger partial charge in [0, 0.05) is 17.4 Å². The van der Waals surface area contributed by atoms with Crippen molar-refractivity contribution >= 4 is 23.2 Å². The summed E-state index contributed by atoms with van der Waals surface area (Å²) in [6.07, 6.45) is 4.87. The van der Waals surface area contributed by atoms with Crippen LogP contribution in [0.15, 0.2) is 24.3 Å². The van der Waals surface area contributed by atoms with Gasteiger partial charge < -0.3 is 5.32 Å². The highest BCUT2D eigenvalue weighted by Crippen LogP contribution is 2.09. The molecular weight excluding hydrogens is 241 g/mol. The van der Waals surface area contributed by atoms with Crippen LogP contribution in [0.3, 0.4) is 0 Å². The van der Waals surface area contributed by atoms with E-state index in [2.05, 4.69) is 17.4 Å². The van der Waals surface area contributed by atoms with Gasteiger partial charge in [-0.15, -0.1) is 11.6 Å². The van der Waals surface area contributed by atoms with Gasteiger partial charge in [0.05, 0.1) is 0 Å². The molecule has 0 aliphatic carbocycles. The summed E-state index contributed by atoms with van der Waals surface area (Å²) >= 11 is 11.4. The Bertz CT molecular complexity index is 272. The van der Waals surface area contributed by atoms with Crippen molar-refractivity contribution in [3.05, 3.63) is 34.9 Å². The predicted molar refractivity (Wildman–Crippen MR) is 72.3 cm³/mol. The molecule has 1 N–H and O–H groups in total. The van der Waals surface area contributed by atoms with Crippen molar-refractivity contribution in [2.45, 2.75) is 32.2 Å². The molecule has 0 fully saturated rings. The van der Waals surface area contributed by atoms with Crippen LogP contribution in [0, 0.1) is 0 Å². The number of unbranched alkanes of at least 4 members (excludes halogenated alkanes) is 3. The van der Waals surface area contributed by atoms with Crippen LogP contribution in [-0.4, -0.2) is 12.4 Å². The van der Waals surface area contributed by atoms with Crippen LogP contribution in [0.5, 0.6) is 0 Å². The minimum absolute atomic E-state index is 0.790. The van der Waals surface area contributed by atoms with Crippen molar-refractivity contribution in [2.24, 2.45) is 0 Å². The Morgan fingerprint density at radius 1 is 0.938 bits per heavy atom. The molecule has 0 aliphatic rings. The molecule has 0 spiro atoms. The lowest BCUT2D eigenvalue weighted by Crippen LogP contribution is -2.14. The van der Waals surface area contributed by atoms with Gasteiger partial charge in [-0.1, -0.05) is 36.6 Å². The second-order valence-corrected chi connectivity index (χ2v) is 4.72. The first-order valence-electron chi connectivity index (χ1n) is 5.84. The Balaban J connectivity index is 2.01. The average molecular weight is 260 g/mol. The maximum atomic E-state index is 5.81. The Morgan fingerprint density at radius 2 is 1.62 bits per heavy atom. The highest BCUT2D eigenvalue weighted by Gasteiger charge is 1.93. The van der Waals surface area contributed by atoms with Gasteiger partial charge in [-0.25, -0.2) is 0 Å². The number of nitrogens with one attached hydrogen (secondary N) is 1. The molecule has 0 saturated carbocycles. The van der Waals surface area contributed by atoms with Crippen LogP contribution < -0.4 is 5.32 Å². The molecule has 1 aromatic rings. The zero-order valence-corrected chi connectivity index (χ0v) is 11.0. The summed E-state index contributed by atoms with van der Waals surface area (Å²) in [7, 11) is 0. The fourth-order valence-corrected chi connectivity index (χ4v) is 1.85. The molecule has 0 atom stereocenters. The van der Waals surface area contributed by atoms with E-state index >= 15 is 0 Å². The fourth-order valence-electron chi connectivity index (χ4n) is 1.53. The van der Waals surface area contributed by atoms with Crippen molar-refractivity contribution in [3.8, 4) is 0 Å². The molecule has 0 aliphatic heterocycles. The molecule has 0 unspecified atom stereocenters. The van der Waals surface area contributed by atoms with Crippen LogP contribution in [0.4, 0.5) is 0 Å². The van der Waals surface area contributed by atoms with Crippen molar-refractivity contribution in [3.63, 3.8) is 0 Å². The Morgan fingerprint density at radius 3 is 2.31 bits per heavy atom. The first-order valence-corrected chi connectivity index (χ1v) is 6.75. The first kappa shape index (κ1) is 13.8. The maximum Gasteiger partial charge on any atom is 0.0406 e. The lowest BCUT2D eigenvalue weighted by molar-refractivity contribution is 0.599. The van der Waals surface area contributed by atoms with E-state index in [0.29, 0.717) is 0 Å². The van der Waals surface area contributed by atoms with Gasteiger partial charge >= 0.3 is 0 Å². The topological polar surface area (TPSA) is 12.0 Å². The highest BCUT2D eigenvalue weighted by atomic mass is 35.5.